The largest absolute Gasteiger partial charge is 0.486 e. The Hall–Kier alpha value is -2.08. The van der Waals surface area contributed by atoms with Gasteiger partial charge in [0.1, 0.15) is 25.4 Å². The van der Waals surface area contributed by atoms with Gasteiger partial charge in [0, 0.05) is 12.6 Å². The summed E-state index contributed by atoms with van der Waals surface area (Å²) < 4.78 is 13.2. The molecule has 0 amide bonds. The van der Waals surface area contributed by atoms with Crippen molar-refractivity contribution >= 4 is 0 Å². The van der Waals surface area contributed by atoms with Gasteiger partial charge in [-0.3, -0.25) is 4.90 Å². The van der Waals surface area contributed by atoms with Crippen molar-refractivity contribution < 1.29 is 9.47 Å². The molecule has 0 saturated heterocycles. The fraction of sp³-hybridized carbons (Fsp3) is 0.500. The fourth-order valence-electron chi connectivity index (χ4n) is 2.61. The summed E-state index contributed by atoms with van der Waals surface area (Å²) >= 11 is 0. The van der Waals surface area contributed by atoms with E-state index in [-0.39, 0.29) is 6.04 Å². The monoisotopic (exact) mass is 302 g/mol. The highest BCUT2D eigenvalue weighted by molar-refractivity contribution is 5.44. The molecule has 1 aromatic carbocycles. The predicted molar refractivity (Wildman–Crippen MR) is 83.0 cm³/mol. The van der Waals surface area contributed by atoms with Crippen LogP contribution in [0.25, 0.3) is 0 Å². The molecule has 22 heavy (non-hydrogen) atoms. The number of fused-ring (bicyclic) bond motifs is 1. The Bertz CT molecular complexity index is 641. The van der Waals surface area contributed by atoms with Gasteiger partial charge in [0.25, 0.3) is 0 Å². The van der Waals surface area contributed by atoms with Crippen LogP contribution in [-0.2, 0) is 13.1 Å². The zero-order valence-corrected chi connectivity index (χ0v) is 13.3. The van der Waals surface area contributed by atoms with E-state index in [9.17, 15) is 0 Å². The molecule has 1 atom stereocenters. The van der Waals surface area contributed by atoms with Crippen LogP contribution in [0.3, 0.4) is 0 Å². The van der Waals surface area contributed by atoms with Crippen LogP contribution in [0.15, 0.2) is 24.5 Å². The number of ether oxygens (including phenoxy) is 2. The van der Waals surface area contributed by atoms with E-state index in [1.165, 1.54) is 5.56 Å². The first-order valence-corrected chi connectivity index (χ1v) is 7.65. The summed E-state index contributed by atoms with van der Waals surface area (Å²) in [6.07, 6.45) is 1.61. The molecule has 3 rings (SSSR count). The van der Waals surface area contributed by atoms with Crippen molar-refractivity contribution in [3.05, 3.63) is 35.9 Å². The molecular formula is C16H22N4O2. The predicted octanol–water partition coefficient (Wildman–Crippen LogP) is 2.26. The first kappa shape index (κ1) is 14.8. The maximum absolute atomic E-state index is 5.67. The molecule has 1 aromatic heterocycles. The molecule has 0 fully saturated rings. The van der Waals surface area contributed by atoms with E-state index in [0.29, 0.717) is 13.2 Å². The Morgan fingerprint density at radius 1 is 1.27 bits per heavy atom. The van der Waals surface area contributed by atoms with Crippen LogP contribution in [0, 0.1) is 0 Å². The molecule has 0 N–H and O–H groups in total. The van der Waals surface area contributed by atoms with Crippen LogP contribution in [-0.4, -0.2) is 39.9 Å². The van der Waals surface area contributed by atoms with Crippen LogP contribution in [0.1, 0.15) is 31.3 Å². The lowest BCUT2D eigenvalue weighted by atomic mass is 10.1. The summed E-state index contributed by atoms with van der Waals surface area (Å²) in [7, 11) is 2.09. The van der Waals surface area contributed by atoms with Crippen LogP contribution in [0.5, 0.6) is 11.5 Å². The number of nitrogens with zero attached hydrogens (tertiary/aromatic N) is 4. The molecule has 0 bridgehead atoms. The maximum atomic E-state index is 5.67. The van der Waals surface area contributed by atoms with Gasteiger partial charge < -0.3 is 9.47 Å². The fourth-order valence-corrected chi connectivity index (χ4v) is 2.61. The van der Waals surface area contributed by atoms with Crippen LogP contribution >= 0.6 is 0 Å². The first-order valence-electron chi connectivity index (χ1n) is 7.65. The average molecular weight is 302 g/mol. The van der Waals surface area contributed by atoms with E-state index in [0.717, 1.165) is 30.4 Å². The van der Waals surface area contributed by atoms with Crippen molar-refractivity contribution in [2.24, 2.45) is 0 Å². The number of aromatic nitrogens is 3. The molecule has 0 saturated carbocycles. The Kier molecular flexibility index (Phi) is 4.29. The SMILES string of the molecule is CCn1ncnc1CN(C)[C@@H](C)c1ccc2c(c1)OCCO2. The summed E-state index contributed by atoms with van der Waals surface area (Å²) in [6.45, 7) is 7.07. The Balaban J connectivity index is 1.74. The van der Waals surface area contributed by atoms with Crippen molar-refractivity contribution in [3.8, 4) is 11.5 Å². The number of hydrogen-bond donors (Lipinski definition) is 0. The van der Waals surface area contributed by atoms with Crippen molar-refractivity contribution in [3.63, 3.8) is 0 Å². The molecule has 1 aliphatic heterocycles. The third-order valence-electron chi connectivity index (χ3n) is 4.10. The smallest absolute Gasteiger partial charge is 0.161 e. The molecule has 118 valence electrons. The second kappa shape index (κ2) is 6.36. The number of rotatable bonds is 5. The molecule has 0 radical (unpaired) electrons. The van der Waals surface area contributed by atoms with Gasteiger partial charge in [0.15, 0.2) is 11.5 Å². The van der Waals surface area contributed by atoms with Crippen molar-refractivity contribution in [2.45, 2.75) is 33.0 Å². The lowest BCUT2D eigenvalue weighted by molar-refractivity contribution is 0.170. The second-order valence-electron chi connectivity index (χ2n) is 5.49. The zero-order valence-electron chi connectivity index (χ0n) is 13.3. The highest BCUT2D eigenvalue weighted by Crippen LogP contribution is 2.33. The van der Waals surface area contributed by atoms with Gasteiger partial charge in [-0.05, 0) is 38.6 Å². The molecule has 1 aliphatic rings. The second-order valence-corrected chi connectivity index (χ2v) is 5.49. The highest BCUT2D eigenvalue weighted by atomic mass is 16.6. The molecule has 0 spiro atoms. The first-order chi connectivity index (χ1) is 10.7. The molecule has 0 unspecified atom stereocenters. The molecule has 6 nitrogen and oxygen atoms in total. The van der Waals surface area contributed by atoms with E-state index < -0.39 is 0 Å². The number of benzene rings is 1. The van der Waals surface area contributed by atoms with E-state index in [2.05, 4.69) is 48.0 Å². The van der Waals surface area contributed by atoms with Gasteiger partial charge in [-0.25, -0.2) is 9.67 Å². The van der Waals surface area contributed by atoms with Gasteiger partial charge in [0.05, 0.1) is 6.54 Å². The lowest BCUT2D eigenvalue weighted by Gasteiger charge is -2.26. The van der Waals surface area contributed by atoms with E-state index in [1.54, 1.807) is 6.33 Å². The summed E-state index contributed by atoms with van der Waals surface area (Å²) in [5.74, 6) is 2.64. The molecule has 2 heterocycles. The van der Waals surface area contributed by atoms with Gasteiger partial charge in [-0.1, -0.05) is 6.07 Å². The Labute approximate surface area is 130 Å². The number of hydrogen-bond acceptors (Lipinski definition) is 5. The van der Waals surface area contributed by atoms with Crippen molar-refractivity contribution in [1.82, 2.24) is 19.7 Å². The van der Waals surface area contributed by atoms with Gasteiger partial charge in [0.2, 0.25) is 0 Å². The standard InChI is InChI=1S/C16H22N4O2/c1-4-20-16(17-11-18-20)10-19(3)12(2)13-5-6-14-15(9-13)22-8-7-21-14/h5-6,9,11-12H,4,7-8,10H2,1-3H3/t12-/m0/s1. The maximum Gasteiger partial charge on any atom is 0.161 e. The number of aryl methyl sites for hydroxylation is 1. The van der Waals surface area contributed by atoms with Gasteiger partial charge in [-0.2, -0.15) is 5.10 Å². The van der Waals surface area contributed by atoms with E-state index >= 15 is 0 Å². The lowest BCUT2D eigenvalue weighted by Crippen LogP contribution is -2.24. The van der Waals surface area contributed by atoms with Crippen molar-refractivity contribution in [1.29, 1.82) is 0 Å². The molecule has 2 aromatic rings. The average Bonchev–Trinajstić information content (AvgIpc) is 3.00. The van der Waals surface area contributed by atoms with Gasteiger partial charge in [-0.15, -0.1) is 0 Å². The minimum Gasteiger partial charge on any atom is -0.486 e. The Morgan fingerprint density at radius 3 is 2.82 bits per heavy atom. The topological polar surface area (TPSA) is 52.4 Å². The summed E-state index contributed by atoms with van der Waals surface area (Å²) in [5.41, 5.74) is 1.20. The molecule has 6 heteroatoms. The quantitative estimate of drug-likeness (QED) is 0.848. The normalized spacial score (nSPS) is 15.1. The zero-order chi connectivity index (χ0) is 15.5. The van der Waals surface area contributed by atoms with E-state index in [4.69, 9.17) is 9.47 Å². The van der Waals surface area contributed by atoms with Crippen LogP contribution in [0.4, 0.5) is 0 Å². The highest BCUT2D eigenvalue weighted by Gasteiger charge is 2.18. The summed E-state index contributed by atoms with van der Waals surface area (Å²) in [5, 5.41) is 4.22. The Morgan fingerprint density at radius 2 is 2.05 bits per heavy atom. The van der Waals surface area contributed by atoms with Crippen LogP contribution in [0.2, 0.25) is 0 Å². The minimum absolute atomic E-state index is 0.248. The summed E-state index contributed by atoms with van der Waals surface area (Å²) in [4.78, 5) is 6.59. The van der Waals surface area contributed by atoms with E-state index in [1.807, 2.05) is 10.7 Å². The summed E-state index contributed by atoms with van der Waals surface area (Å²) in [6, 6.07) is 6.40. The third-order valence-corrected chi connectivity index (χ3v) is 4.10. The minimum atomic E-state index is 0.248. The van der Waals surface area contributed by atoms with Crippen molar-refractivity contribution in [2.75, 3.05) is 20.3 Å². The van der Waals surface area contributed by atoms with Crippen LogP contribution < -0.4 is 9.47 Å². The van der Waals surface area contributed by atoms with Gasteiger partial charge >= 0.3 is 0 Å². The molecular weight excluding hydrogens is 280 g/mol. The third kappa shape index (κ3) is 2.92. The molecule has 0 aliphatic carbocycles.